The van der Waals surface area contributed by atoms with Crippen molar-refractivity contribution >= 4 is 29.2 Å². The van der Waals surface area contributed by atoms with Gasteiger partial charge in [0.2, 0.25) is 10.4 Å². The maximum absolute atomic E-state index is 11.2. The van der Waals surface area contributed by atoms with Gasteiger partial charge in [0, 0.05) is 6.07 Å². The zero-order chi connectivity index (χ0) is 13.8. The molecule has 0 spiro atoms. The lowest BCUT2D eigenvalue weighted by Gasteiger charge is -2.03. The van der Waals surface area contributed by atoms with Gasteiger partial charge in [0.25, 0.3) is 5.56 Å². The van der Waals surface area contributed by atoms with Crippen molar-refractivity contribution in [1.29, 1.82) is 0 Å². The van der Waals surface area contributed by atoms with Gasteiger partial charge in [-0.3, -0.25) is 4.79 Å². The van der Waals surface area contributed by atoms with E-state index >= 15 is 0 Å². The summed E-state index contributed by atoms with van der Waals surface area (Å²) in [5.41, 5.74) is 5.11. The number of ether oxygens (including phenoxy) is 1. The topological polar surface area (TPSA) is 120 Å². The minimum absolute atomic E-state index is 0.00722. The summed E-state index contributed by atoms with van der Waals surface area (Å²) in [5.74, 6) is 0.108. The predicted octanol–water partition coefficient (Wildman–Crippen LogP) is 0.740. The third-order valence-corrected chi connectivity index (χ3v) is 2.69. The number of aromatic nitrogens is 5. The molecule has 0 atom stereocenters. The number of nitrogens with one attached hydrogen (secondary N) is 1. The summed E-state index contributed by atoms with van der Waals surface area (Å²) in [6.45, 7) is 2.19. The molecular weight excluding hydrogens is 292 g/mol. The lowest BCUT2D eigenvalue weighted by atomic mass is 10.6. The molecule has 0 saturated heterocycles. The molecule has 0 radical (unpaired) electrons. The van der Waals surface area contributed by atoms with E-state index in [4.69, 9.17) is 22.1 Å². The SMILES string of the molecule is CCOc1nc(Cl)nc(Sc2nc(N)cc(=O)[nH]2)n1. The largest absolute Gasteiger partial charge is 0.464 e. The zero-order valence-corrected chi connectivity index (χ0v) is 11.3. The Hall–Kier alpha value is -1.87. The van der Waals surface area contributed by atoms with Crippen LogP contribution < -0.4 is 16.0 Å². The highest BCUT2D eigenvalue weighted by Gasteiger charge is 2.09. The Morgan fingerprint density at radius 3 is 2.89 bits per heavy atom. The van der Waals surface area contributed by atoms with Crippen molar-refractivity contribution < 1.29 is 4.74 Å². The summed E-state index contributed by atoms with van der Waals surface area (Å²) in [4.78, 5) is 29.4. The van der Waals surface area contributed by atoms with Crippen LogP contribution in [0.25, 0.3) is 0 Å². The first-order valence-electron chi connectivity index (χ1n) is 5.16. The first-order chi connectivity index (χ1) is 9.06. The minimum atomic E-state index is -0.361. The van der Waals surface area contributed by atoms with Crippen molar-refractivity contribution in [2.75, 3.05) is 12.3 Å². The maximum atomic E-state index is 11.2. The standard InChI is InChI=1S/C9H9ClN6O2S/c1-2-18-7-14-6(10)15-9(16-7)19-8-12-4(11)3-5(17)13-8/h3H,2H2,1H3,(H3,11,12,13,17). The highest BCUT2D eigenvalue weighted by atomic mass is 35.5. The van der Waals surface area contributed by atoms with Gasteiger partial charge >= 0.3 is 6.01 Å². The van der Waals surface area contributed by atoms with Crippen LogP contribution in [0.1, 0.15) is 6.92 Å². The third-order valence-electron chi connectivity index (χ3n) is 1.77. The van der Waals surface area contributed by atoms with Gasteiger partial charge in [0.05, 0.1) is 6.61 Å². The van der Waals surface area contributed by atoms with Crippen LogP contribution in [0.4, 0.5) is 5.82 Å². The van der Waals surface area contributed by atoms with E-state index in [0.717, 1.165) is 11.8 Å². The highest BCUT2D eigenvalue weighted by molar-refractivity contribution is 7.99. The van der Waals surface area contributed by atoms with Crippen LogP contribution in [0.2, 0.25) is 5.28 Å². The average Bonchev–Trinajstić information content (AvgIpc) is 2.26. The molecule has 19 heavy (non-hydrogen) atoms. The van der Waals surface area contributed by atoms with Crippen molar-refractivity contribution in [2.24, 2.45) is 0 Å². The van der Waals surface area contributed by atoms with E-state index in [2.05, 4.69) is 24.9 Å². The Morgan fingerprint density at radius 1 is 1.42 bits per heavy atom. The van der Waals surface area contributed by atoms with Gasteiger partial charge in [-0.05, 0) is 30.3 Å². The molecule has 0 unspecified atom stereocenters. The second-order valence-electron chi connectivity index (χ2n) is 3.18. The number of hydrogen-bond donors (Lipinski definition) is 2. The van der Waals surface area contributed by atoms with Crippen molar-refractivity contribution in [2.45, 2.75) is 17.2 Å². The quantitative estimate of drug-likeness (QED) is 0.793. The van der Waals surface area contributed by atoms with Crippen LogP contribution >= 0.6 is 23.4 Å². The Bertz CT molecular complexity index is 649. The summed E-state index contributed by atoms with van der Waals surface area (Å²) in [5, 5.41) is 0.499. The van der Waals surface area contributed by atoms with Crippen LogP contribution in [-0.4, -0.2) is 31.5 Å². The molecule has 0 fully saturated rings. The molecule has 0 aromatic carbocycles. The predicted molar refractivity (Wildman–Crippen MR) is 69.4 cm³/mol. The van der Waals surface area contributed by atoms with Crippen molar-refractivity contribution in [1.82, 2.24) is 24.9 Å². The Kier molecular flexibility index (Phi) is 4.17. The molecule has 2 heterocycles. The van der Waals surface area contributed by atoms with Gasteiger partial charge in [-0.25, -0.2) is 4.98 Å². The Balaban J connectivity index is 2.29. The average molecular weight is 301 g/mol. The number of nitrogens with zero attached hydrogens (tertiary/aromatic N) is 4. The van der Waals surface area contributed by atoms with E-state index < -0.39 is 0 Å². The fourth-order valence-electron chi connectivity index (χ4n) is 1.14. The van der Waals surface area contributed by atoms with Crippen LogP contribution in [-0.2, 0) is 0 Å². The Morgan fingerprint density at radius 2 is 2.21 bits per heavy atom. The van der Waals surface area contributed by atoms with Gasteiger partial charge in [-0.1, -0.05) is 0 Å². The highest BCUT2D eigenvalue weighted by Crippen LogP contribution is 2.22. The van der Waals surface area contributed by atoms with E-state index in [-0.39, 0.29) is 33.0 Å². The Labute approximate surface area is 116 Å². The zero-order valence-electron chi connectivity index (χ0n) is 9.75. The number of nitrogens with two attached hydrogens (primary N) is 1. The molecule has 2 aromatic rings. The van der Waals surface area contributed by atoms with Gasteiger partial charge in [0.1, 0.15) is 5.82 Å². The molecule has 0 bridgehead atoms. The summed E-state index contributed by atoms with van der Waals surface area (Å²) in [6, 6.07) is 1.28. The third kappa shape index (κ3) is 3.80. The van der Waals surface area contributed by atoms with Gasteiger partial charge in [-0.15, -0.1) is 0 Å². The first-order valence-corrected chi connectivity index (χ1v) is 6.35. The maximum Gasteiger partial charge on any atom is 0.321 e. The van der Waals surface area contributed by atoms with E-state index in [9.17, 15) is 4.79 Å². The van der Waals surface area contributed by atoms with E-state index in [1.807, 2.05) is 0 Å². The van der Waals surface area contributed by atoms with Crippen LogP contribution in [0.5, 0.6) is 6.01 Å². The van der Waals surface area contributed by atoms with E-state index in [0.29, 0.717) is 6.61 Å². The molecule has 0 aliphatic heterocycles. The van der Waals surface area contributed by atoms with Gasteiger partial charge < -0.3 is 15.5 Å². The molecule has 0 aliphatic carbocycles. The molecule has 8 nitrogen and oxygen atoms in total. The molecule has 0 aliphatic rings. The number of aromatic amines is 1. The number of H-pyrrole nitrogens is 1. The normalized spacial score (nSPS) is 10.4. The molecule has 3 N–H and O–H groups in total. The lowest BCUT2D eigenvalue weighted by molar-refractivity contribution is 0.307. The first kappa shape index (κ1) is 13.6. The van der Waals surface area contributed by atoms with Gasteiger partial charge in [0.15, 0.2) is 5.16 Å². The molecule has 0 amide bonds. The molecular formula is C9H9ClN6O2S. The smallest absolute Gasteiger partial charge is 0.321 e. The minimum Gasteiger partial charge on any atom is -0.464 e. The van der Waals surface area contributed by atoms with E-state index in [1.54, 1.807) is 6.92 Å². The summed E-state index contributed by atoms with van der Waals surface area (Å²) >= 11 is 6.74. The van der Waals surface area contributed by atoms with Crippen LogP contribution in [0.3, 0.4) is 0 Å². The lowest BCUT2D eigenvalue weighted by Crippen LogP contribution is -2.09. The fraction of sp³-hybridized carbons (Fsp3) is 0.222. The number of hydrogen-bond acceptors (Lipinski definition) is 8. The number of rotatable bonds is 4. The van der Waals surface area contributed by atoms with Crippen molar-refractivity contribution in [3.8, 4) is 6.01 Å². The monoisotopic (exact) mass is 300 g/mol. The van der Waals surface area contributed by atoms with Crippen LogP contribution in [0, 0.1) is 0 Å². The number of halogens is 1. The summed E-state index contributed by atoms with van der Waals surface area (Å²) < 4.78 is 5.14. The molecule has 0 saturated carbocycles. The van der Waals surface area contributed by atoms with Crippen molar-refractivity contribution in [3.63, 3.8) is 0 Å². The van der Waals surface area contributed by atoms with Crippen molar-refractivity contribution in [3.05, 3.63) is 21.7 Å². The van der Waals surface area contributed by atoms with Crippen LogP contribution in [0.15, 0.2) is 21.2 Å². The molecule has 10 heteroatoms. The fourth-order valence-corrected chi connectivity index (χ4v) is 2.08. The summed E-state index contributed by atoms with van der Waals surface area (Å²) in [7, 11) is 0. The second-order valence-corrected chi connectivity index (χ2v) is 4.47. The summed E-state index contributed by atoms with van der Waals surface area (Å²) in [6.07, 6.45) is 0. The molecule has 100 valence electrons. The van der Waals surface area contributed by atoms with E-state index in [1.165, 1.54) is 6.07 Å². The second kappa shape index (κ2) is 5.85. The van der Waals surface area contributed by atoms with Gasteiger partial charge in [-0.2, -0.15) is 15.0 Å². The number of nitrogen functional groups attached to an aromatic ring is 1. The molecule has 2 aromatic heterocycles. The number of anilines is 1. The molecule has 2 rings (SSSR count).